The van der Waals surface area contributed by atoms with Gasteiger partial charge in [0.05, 0.1) is 15.5 Å². The van der Waals surface area contributed by atoms with Crippen LogP contribution in [0.2, 0.25) is 5.02 Å². The fourth-order valence-corrected chi connectivity index (χ4v) is 3.35. The Morgan fingerprint density at radius 1 is 1.12 bits per heavy atom. The summed E-state index contributed by atoms with van der Waals surface area (Å²) in [4.78, 5) is 12.1. The van der Waals surface area contributed by atoms with E-state index in [-0.39, 0.29) is 22.7 Å². The van der Waals surface area contributed by atoms with Gasteiger partial charge >= 0.3 is 6.18 Å². The van der Waals surface area contributed by atoms with Gasteiger partial charge in [0.15, 0.2) is 0 Å². The van der Waals surface area contributed by atoms with Crippen LogP contribution in [0.15, 0.2) is 47.4 Å². The molecule has 0 saturated heterocycles. The van der Waals surface area contributed by atoms with Gasteiger partial charge in [-0.2, -0.15) is 13.2 Å². The highest BCUT2D eigenvalue weighted by Gasteiger charge is 2.33. The van der Waals surface area contributed by atoms with E-state index < -0.39 is 32.7 Å². The second kappa shape index (κ2) is 7.65. The number of rotatable bonds is 5. The van der Waals surface area contributed by atoms with Gasteiger partial charge in [0.1, 0.15) is 0 Å². The maximum atomic E-state index is 12.8. The van der Waals surface area contributed by atoms with Crippen LogP contribution in [0.4, 0.5) is 18.9 Å². The minimum Gasteiger partial charge on any atom is -0.322 e. The third-order valence-corrected chi connectivity index (χ3v) is 5.18. The molecule has 26 heavy (non-hydrogen) atoms. The van der Waals surface area contributed by atoms with Crippen molar-refractivity contribution in [3.05, 3.63) is 58.6 Å². The SMILES string of the molecule is CCNS(=O)(=O)c1ccc(C(=O)Nc2ccc(Cl)c(C(F)(F)F)c2)cc1. The first-order valence-corrected chi connectivity index (χ1v) is 9.18. The average Bonchev–Trinajstić information content (AvgIpc) is 2.55. The molecule has 140 valence electrons. The lowest BCUT2D eigenvalue weighted by molar-refractivity contribution is -0.137. The summed E-state index contributed by atoms with van der Waals surface area (Å²) in [6, 6.07) is 7.99. The first kappa shape index (κ1) is 20.2. The number of benzene rings is 2. The molecule has 0 radical (unpaired) electrons. The van der Waals surface area contributed by atoms with E-state index in [1.807, 2.05) is 0 Å². The van der Waals surface area contributed by atoms with E-state index in [0.29, 0.717) is 0 Å². The van der Waals surface area contributed by atoms with E-state index in [0.717, 1.165) is 12.1 Å². The zero-order chi connectivity index (χ0) is 19.5. The van der Waals surface area contributed by atoms with Crippen molar-refractivity contribution >= 4 is 33.2 Å². The van der Waals surface area contributed by atoms with Crippen molar-refractivity contribution in [1.29, 1.82) is 0 Å². The Morgan fingerprint density at radius 2 is 1.73 bits per heavy atom. The van der Waals surface area contributed by atoms with Crippen LogP contribution < -0.4 is 10.0 Å². The summed E-state index contributed by atoms with van der Waals surface area (Å²) in [5.74, 6) is -0.687. The molecule has 0 saturated carbocycles. The number of hydrogen-bond donors (Lipinski definition) is 2. The van der Waals surface area contributed by atoms with E-state index in [4.69, 9.17) is 11.6 Å². The largest absolute Gasteiger partial charge is 0.417 e. The molecule has 2 aromatic carbocycles. The van der Waals surface area contributed by atoms with Crippen molar-refractivity contribution < 1.29 is 26.4 Å². The summed E-state index contributed by atoms with van der Waals surface area (Å²) < 4.78 is 64.5. The highest BCUT2D eigenvalue weighted by molar-refractivity contribution is 7.89. The van der Waals surface area contributed by atoms with Gasteiger partial charge in [0, 0.05) is 17.8 Å². The second-order valence-electron chi connectivity index (χ2n) is 5.17. The molecule has 0 atom stereocenters. The molecule has 0 unspecified atom stereocenters. The molecular formula is C16H14ClF3N2O3S. The predicted octanol–water partition coefficient (Wildman–Crippen LogP) is 3.91. The van der Waals surface area contributed by atoms with E-state index in [1.165, 1.54) is 30.3 Å². The molecule has 0 spiro atoms. The summed E-state index contributed by atoms with van der Waals surface area (Å²) >= 11 is 5.52. The van der Waals surface area contributed by atoms with Crippen LogP contribution in [0.1, 0.15) is 22.8 Å². The van der Waals surface area contributed by atoms with Gasteiger partial charge in [-0.15, -0.1) is 0 Å². The molecule has 1 amide bonds. The molecule has 2 aromatic rings. The van der Waals surface area contributed by atoms with Crippen LogP contribution in [0.25, 0.3) is 0 Å². The van der Waals surface area contributed by atoms with Crippen LogP contribution >= 0.6 is 11.6 Å². The Morgan fingerprint density at radius 3 is 2.27 bits per heavy atom. The third kappa shape index (κ3) is 4.75. The molecule has 2 N–H and O–H groups in total. The first-order chi connectivity index (χ1) is 12.0. The molecule has 0 aliphatic heterocycles. The lowest BCUT2D eigenvalue weighted by Gasteiger charge is -2.12. The molecule has 0 heterocycles. The van der Waals surface area contributed by atoms with Crippen molar-refractivity contribution in [1.82, 2.24) is 4.72 Å². The van der Waals surface area contributed by atoms with Gasteiger partial charge < -0.3 is 5.32 Å². The fourth-order valence-electron chi connectivity index (χ4n) is 2.08. The Bertz CT molecular complexity index is 913. The lowest BCUT2D eigenvalue weighted by atomic mass is 10.1. The van der Waals surface area contributed by atoms with Gasteiger partial charge in [-0.05, 0) is 42.5 Å². The van der Waals surface area contributed by atoms with Gasteiger partial charge in [0.2, 0.25) is 10.0 Å². The van der Waals surface area contributed by atoms with Crippen molar-refractivity contribution in [2.24, 2.45) is 0 Å². The van der Waals surface area contributed by atoms with Crippen molar-refractivity contribution in [2.75, 3.05) is 11.9 Å². The van der Waals surface area contributed by atoms with Gasteiger partial charge in [-0.25, -0.2) is 13.1 Å². The topological polar surface area (TPSA) is 75.3 Å². The van der Waals surface area contributed by atoms with E-state index >= 15 is 0 Å². The average molecular weight is 407 g/mol. The lowest BCUT2D eigenvalue weighted by Crippen LogP contribution is -2.23. The summed E-state index contributed by atoms with van der Waals surface area (Å²) in [5, 5.41) is 1.84. The molecule has 2 rings (SSSR count). The minimum atomic E-state index is -4.65. The van der Waals surface area contributed by atoms with Gasteiger partial charge in [-0.1, -0.05) is 18.5 Å². The number of hydrogen-bond acceptors (Lipinski definition) is 3. The van der Waals surface area contributed by atoms with Gasteiger partial charge in [-0.3, -0.25) is 4.79 Å². The maximum Gasteiger partial charge on any atom is 0.417 e. The van der Waals surface area contributed by atoms with E-state index in [2.05, 4.69) is 10.0 Å². The molecule has 5 nitrogen and oxygen atoms in total. The summed E-state index contributed by atoms with van der Waals surface area (Å²) in [5.41, 5.74) is -1.07. The Hall–Kier alpha value is -2.10. The number of carbonyl (C=O) groups is 1. The predicted molar refractivity (Wildman–Crippen MR) is 91.7 cm³/mol. The number of carbonyl (C=O) groups excluding carboxylic acids is 1. The van der Waals surface area contributed by atoms with E-state index in [9.17, 15) is 26.4 Å². The summed E-state index contributed by atoms with van der Waals surface area (Å²) in [7, 11) is -3.66. The highest BCUT2D eigenvalue weighted by atomic mass is 35.5. The second-order valence-corrected chi connectivity index (χ2v) is 7.35. The number of sulfonamides is 1. The standard InChI is InChI=1S/C16H14ClF3N2O3S/c1-2-21-26(24,25)12-6-3-10(4-7-12)15(23)22-11-5-8-14(17)13(9-11)16(18,19)20/h3-9,21H,2H2,1H3,(H,22,23). The van der Waals surface area contributed by atoms with Crippen molar-refractivity contribution in [2.45, 2.75) is 18.0 Å². The number of halogens is 4. The quantitative estimate of drug-likeness (QED) is 0.790. The number of nitrogens with one attached hydrogen (secondary N) is 2. The Kier molecular flexibility index (Phi) is 5.94. The molecule has 0 fully saturated rings. The summed E-state index contributed by atoms with van der Waals surface area (Å²) in [6.45, 7) is 1.84. The van der Waals surface area contributed by atoms with Gasteiger partial charge in [0.25, 0.3) is 5.91 Å². The minimum absolute atomic E-state index is 0.0262. The smallest absolute Gasteiger partial charge is 0.322 e. The first-order valence-electron chi connectivity index (χ1n) is 7.32. The van der Waals surface area contributed by atoms with Crippen LogP contribution in [0.5, 0.6) is 0 Å². The normalized spacial score (nSPS) is 12.0. The molecule has 0 bridgehead atoms. The molecule has 0 aromatic heterocycles. The number of alkyl halides is 3. The fraction of sp³-hybridized carbons (Fsp3) is 0.188. The zero-order valence-corrected chi connectivity index (χ0v) is 15.0. The Balaban J connectivity index is 2.21. The molecule has 0 aliphatic rings. The zero-order valence-electron chi connectivity index (χ0n) is 13.4. The van der Waals surface area contributed by atoms with Crippen LogP contribution in [-0.4, -0.2) is 20.9 Å². The summed E-state index contributed by atoms with van der Waals surface area (Å²) in [6.07, 6.45) is -4.65. The van der Waals surface area contributed by atoms with E-state index in [1.54, 1.807) is 6.92 Å². The highest BCUT2D eigenvalue weighted by Crippen LogP contribution is 2.36. The monoisotopic (exact) mass is 406 g/mol. The number of amides is 1. The third-order valence-electron chi connectivity index (χ3n) is 3.29. The molecule has 0 aliphatic carbocycles. The van der Waals surface area contributed by atoms with Crippen molar-refractivity contribution in [3.8, 4) is 0 Å². The van der Waals surface area contributed by atoms with Crippen LogP contribution in [-0.2, 0) is 16.2 Å². The Labute approximate surface area is 153 Å². The molecule has 10 heteroatoms. The maximum absolute atomic E-state index is 12.8. The van der Waals surface area contributed by atoms with Crippen LogP contribution in [0.3, 0.4) is 0 Å². The van der Waals surface area contributed by atoms with Crippen molar-refractivity contribution in [3.63, 3.8) is 0 Å². The van der Waals surface area contributed by atoms with Crippen LogP contribution in [0, 0.1) is 0 Å². The number of anilines is 1. The molecular weight excluding hydrogens is 393 g/mol.